The summed E-state index contributed by atoms with van der Waals surface area (Å²) in [6.07, 6.45) is 0. The second-order valence-corrected chi connectivity index (χ2v) is 4.65. The number of alkyl halides is 1. The highest BCUT2D eigenvalue weighted by molar-refractivity contribution is 9.09. The van der Waals surface area contributed by atoms with Crippen molar-refractivity contribution in [1.82, 2.24) is 10.2 Å². The first-order valence-electron chi connectivity index (χ1n) is 4.99. The normalized spacial score (nSPS) is 23.6. The lowest BCUT2D eigenvalue weighted by Gasteiger charge is -2.32. The number of rotatable bonds is 2. The van der Waals surface area contributed by atoms with Crippen LogP contribution in [0.5, 0.6) is 0 Å². The second-order valence-electron chi connectivity index (χ2n) is 3.59. The molecule has 1 aromatic carbocycles. The van der Waals surface area contributed by atoms with Crippen LogP contribution in [0.2, 0.25) is 0 Å². The zero-order valence-corrected chi connectivity index (χ0v) is 9.70. The molecule has 1 fully saturated rings. The average Bonchev–Trinajstić information content (AvgIpc) is 2.23. The zero-order chi connectivity index (χ0) is 9.80. The number of benzene rings is 1. The molecule has 1 unspecified atom stereocenters. The fraction of sp³-hybridized carbons (Fsp3) is 0.455. The maximum atomic E-state index is 3.68. The Hall–Kier alpha value is -0.380. The molecule has 1 saturated heterocycles. The fourth-order valence-corrected chi connectivity index (χ4v) is 2.29. The smallest absolute Gasteiger partial charge is 0.0785 e. The molecule has 0 aromatic heterocycles. The first-order valence-corrected chi connectivity index (χ1v) is 5.90. The lowest BCUT2D eigenvalue weighted by Crippen LogP contribution is -2.47. The summed E-state index contributed by atoms with van der Waals surface area (Å²) in [5.41, 5.74) is 1.39. The molecule has 1 atom stereocenters. The molecular weight excluding hydrogens is 240 g/mol. The molecule has 76 valence electrons. The van der Waals surface area contributed by atoms with E-state index in [9.17, 15) is 0 Å². The maximum absolute atomic E-state index is 3.68. The molecule has 1 heterocycles. The van der Waals surface area contributed by atoms with Crippen LogP contribution >= 0.6 is 15.9 Å². The third-order valence-electron chi connectivity index (χ3n) is 2.51. The van der Waals surface area contributed by atoms with E-state index in [-0.39, 0.29) is 0 Å². The molecule has 0 bridgehead atoms. The van der Waals surface area contributed by atoms with Gasteiger partial charge in [0.2, 0.25) is 0 Å². The minimum absolute atomic E-state index is 0.469. The minimum Gasteiger partial charge on any atom is -0.313 e. The summed E-state index contributed by atoms with van der Waals surface area (Å²) in [6.45, 7) is 4.28. The van der Waals surface area contributed by atoms with E-state index in [4.69, 9.17) is 0 Å². The summed E-state index contributed by atoms with van der Waals surface area (Å²) < 4.78 is 0. The summed E-state index contributed by atoms with van der Waals surface area (Å²) >= 11 is 3.68. The number of hydrogen-bond acceptors (Lipinski definition) is 2. The van der Waals surface area contributed by atoms with Gasteiger partial charge < -0.3 is 5.32 Å². The summed E-state index contributed by atoms with van der Waals surface area (Å²) in [5.74, 6) is 0. The lowest BCUT2D eigenvalue weighted by atomic mass is 10.2. The maximum Gasteiger partial charge on any atom is 0.0785 e. The van der Waals surface area contributed by atoms with Crippen LogP contribution in [0, 0.1) is 0 Å². The molecular formula is C11H15BrN2. The first kappa shape index (κ1) is 10.1. The van der Waals surface area contributed by atoms with Gasteiger partial charge in [0.25, 0.3) is 0 Å². The molecule has 0 spiro atoms. The molecule has 1 aliphatic rings. The van der Waals surface area contributed by atoms with Gasteiger partial charge in [0.15, 0.2) is 0 Å². The molecule has 1 N–H and O–H groups in total. The minimum atomic E-state index is 0.469. The highest BCUT2D eigenvalue weighted by Crippen LogP contribution is 2.13. The Labute approximate surface area is 93.4 Å². The zero-order valence-electron chi connectivity index (χ0n) is 8.12. The molecule has 0 saturated carbocycles. The SMILES string of the molecule is BrC1CNCCN1Cc1ccccc1. The fourth-order valence-electron chi connectivity index (χ4n) is 1.71. The van der Waals surface area contributed by atoms with Gasteiger partial charge in [-0.2, -0.15) is 0 Å². The molecule has 2 rings (SSSR count). The van der Waals surface area contributed by atoms with E-state index in [1.165, 1.54) is 5.56 Å². The van der Waals surface area contributed by atoms with Crippen molar-refractivity contribution in [2.45, 2.75) is 11.5 Å². The summed E-state index contributed by atoms with van der Waals surface area (Å²) in [7, 11) is 0. The molecule has 2 nitrogen and oxygen atoms in total. The van der Waals surface area contributed by atoms with Crippen LogP contribution in [0.1, 0.15) is 5.56 Å². The Morgan fingerprint density at radius 2 is 2.14 bits per heavy atom. The van der Waals surface area contributed by atoms with Crippen LogP contribution in [0.15, 0.2) is 30.3 Å². The van der Waals surface area contributed by atoms with Gasteiger partial charge in [0.1, 0.15) is 0 Å². The number of hydrogen-bond donors (Lipinski definition) is 1. The Bertz CT molecular complexity index is 276. The van der Waals surface area contributed by atoms with Gasteiger partial charge in [-0.1, -0.05) is 46.3 Å². The van der Waals surface area contributed by atoms with E-state index in [0.29, 0.717) is 4.95 Å². The average molecular weight is 255 g/mol. The van der Waals surface area contributed by atoms with E-state index in [0.717, 1.165) is 26.2 Å². The number of halogens is 1. The van der Waals surface area contributed by atoms with Gasteiger partial charge in [-0.15, -0.1) is 0 Å². The van der Waals surface area contributed by atoms with Crippen LogP contribution < -0.4 is 5.32 Å². The second kappa shape index (κ2) is 4.91. The third-order valence-corrected chi connectivity index (χ3v) is 3.42. The highest BCUT2D eigenvalue weighted by Gasteiger charge is 2.18. The van der Waals surface area contributed by atoms with Crippen LogP contribution in [0.3, 0.4) is 0 Å². The van der Waals surface area contributed by atoms with Gasteiger partial charge in [-0.05, 0) is 5.56 Å². The topological polar surface area (TPSA) is 15.3 Å². The quantitative estimate of drug-likeness (QED) is 0.640. The van der Waals surface area contributed by atoms with Gasteiger partial charge >= 0.3 is 0 Å². The number of nitrogens with one attached hydrogen (secondary N) is 1. The molecule has 14 heavy (non-hydrogen) atoms. The van der Waals surface area contributed by atoms with Crippen molar-refractivity contribution in [1.29, 1.82) is 0 Å². The lowest BCUT2D eigenvalue weighted by molar-refractivity contribution is 0.215. The van der Waals surface area contributed by atoms with E-state index in [1.54, 1.807) is 0 Å². The van der Waals surface area contributed by atoms with E-state index in [1.807, 2.05) is 0 Å². The molecule has 1 aromatic rings. The van der Waals surface area contributed by atoms with E-state index in [2.05, 4.69) is 56.5 Å². The standard InChI is InChI=1S/C11H15BrN2/c12-11-8-13-6-7-14(11)9-10-4-2-1-3-5-10/h1-5,11,13H,6-9H2. The van der Waals surface area contributed by atoms with Gasteiger partial charge in [-0.3, -0.25) is 4.90 Å². The Morgan fingerprint density at radius 3 is 2.86 bits per heavy atom. The molecule has 1 aliphatic heterocycles. The monoisotopic (exact) mass is 254 g/mol. The molecule has 0 radical (unpaired) electrons. The van der Waals surface area contributed by atoms with Crippen molar-refractivity contribution in [3.05, 3.63) is 35.9 Å². The van der Waals surface area contributed by atoms with Crippen molar-refractivity contribution >= 4 is 15.9 Å². The highest BCUT2D eigenvalue weighted by atomic mass is 79.9. The van der Waals surface area contributed by atoms with Crippen LogP contribution in [0.25, 0.3) is 0 Å². The Kier molecular flexibility index (Phi) is 3.56. The summed E-state index contributed by atoms with van der Waals surface area (Å²) in [4.78, 5) is 2.92. The predicted octanol–water partition coefficient (Wildman–Crippen LogP) is 1.81. The van der Waals surface area contributed by atoms with Gasteiger partial charge in [-0.25, -0.2) is 0 Å². The Balaban J connectivity index is 1.96. The van der Waals surface area contributed by atoms with Crippen molar-refractivity contribution in [2.75, 3.05) is 19.6 Å². The first-order chi connectivity index (χ1) is 6.86. The van der Waals surface area contributed by atoms with Crippen LogP contribution in [-0.4, -0.2) is 29.5 Å². The van der Waals surface area contributed by atoms with Crippen LogP contribution in [0.4, 0.5) is 0 Å². The van der Waals surface area contributed by atoms with Crippen molar-refractivity contribution in [3.63, 3.8) is 0 Å². The number of nitrogens with zero attached hydrogens (tertiary/aromatic N) is 1. The largest absolute Gasteiger partial charge is 0.313 e. The summed E-state index contributed by atoms with van der Waals surface area (Å²) in [5, 5.41) is 3.36. The van der Waals surface area contributed by atoms with Crippen molar-refractivity contribution < 1.29 is 0 Å². The van der Waals surface area contributed by atoms with E-state index >= 15 is 0 Å². The van der Waals surface area contributed by atoms with E-state index < -0.39 is 0 Å². The number of piperazine rings is 1. The van der Waals surface area contributed by atoms with Gasteiger partial charge in [0, 0.05) is 26.2 Å². The molecule has 0 amide bonds. The van der Waals surface area contributed by atoms with Crippen molar-refractivity contribution in [3.8, 4) is 0 Å². The molecule has 3 heteroatoms. The van der Waals surface area contributed by atoms with Crippen LogP contribution in [-0.2, 0) is 6.54 Å². The molecule has 0 aliphatic carbocycles. The summed E-state index contributed by atoms with van der Waals surface area (Å²) in [6, 6.07) is 10.6. The predicted molar refractivity (Wildman–Crippen MR) is 62.4 cm³/mol. The van der Waals surface area contributed by atoms with Gasteiger partial charge in [0.05, 0.1) is 4.95 Å². The third kappa shape index (κ3) is 2.56. The Morgan fingerprint density at radius 1 is 1.36 bits per heavy atom. The van der Waals surface area contributed by atoms with Crippen molar-refractivity contribution in [2.24, 2.45) is 0 Å².